The molecule has 8 heteroatoms. The number of amides is 1. The lowest BCUT2D eigenvalue weighted by atomic mass is 10.1. The minimum absolute atomic E-state index is 0.0569. The Labute approximate surface area is 198 Å². The lowest BCUT2D eigenvalue weighted by Crippen LogP contribution is -2.27. The molecule has 0 unspecified atom stereocenters. The number of carbonyl (C=O) groups excluding carboxylic acids is 1. The van der Waals surface area contributed by atoms with E-state index in [2.05, 4.69) is 22.6 Å². The van der Waals surface area contributed by atoms with Gasteiger partial charge in [-0.05, 0) is 77.9 Å². The number of hydrogen-bond donors (Lipinski definition) is 0. The average molecular weight is 560 g/mol. The molecule has 0 bridgehead atoms. The van der Waals surface area contributed by atoms with Crippen molar-refractivity contribution in [2.45, 2.75) is 20.5 Å². The fraction of sp³-hybridized carbons (Fsp3) is 0.238. The van der Waals surface area contributed by atoms with E-state index in [4.69, 9.17) is 33.3 Å². The largest absolute Gasteiger partial charge is 0.490 e. The van der Waals surface area contributed by atoms with Crippen molar-refractivity contribution >= 4 is 74.5 Å². The molecule has 1 aliphatic rings. The van der Waals surface area contributed by atoms with Crippen molar-refractivity contribution in [3.05, 3.63) is 61.0 Å². The minimum atomic E-state index is -0.0569. The van der Waals surface area contributed by atoms with Gasteiger partial charge in [0, 0.05) is 11.6 Å². The van der Waals surface area contributed by atoms with Crippen LogP contribution in [0.15, 0.2) is 41.3 Å². The maximum atomic E-state index is 12.5. The Morgan fingerprint density at radius 3 is 2.55 bits per heavy atom. The van der Waals surface area contributed by atoms with Crippen LogP contribution in [0.5, 0.6) is 11.5 Å². The van der Waals surface area contributed by atoms with Gasteiger partial charge in [0.15, 0.2) is 11.5 Å². The standard InChI is InChI=1S/C21H19ClINO3S2/c1-3-24-20(25)18(29-21(24)28)11-14-9-16(23)19(17(10-14)26-4-2)27-12-13-5-7-15(22)8-6-13/h5-11H,3-4,12H2,1-2H3/b18-11-. The molecule has 0 atom stereocenters. The first-order chi connectivity index (χ1) is 13.9. The van der Waals surface area contributed by atoms with E-state index >= 15 is 0 Å². The maximum Gasteiger partial charge on any atom is 0.266 e. The number of hydrogen-bond acceptors (Lipinski definition) is 5. The molecule has 2 aromatic carbocycles. The highest BCUT2D eigenvalue weighted by Crippen LogP contribution is 2.38. The van der Waals surface area contributed by atoms with Crippen molar-refractivity contribution < 1.29 is 14.3 Å². The van der Waals surface area contributed by atoms with Crippen LogP contribution in [0.1, 0.15) is 25.0 Å². The van der Waals surface area contributed by atoms with Crippen LogP contribution in [0.4, 0.5) is 0 Å². The lowest BCUT2D eigenvalue weighted by molar-refractivity contribution is -0.121. The molecule has 0 saturated carbocycles. The summed E-state index contributed by atoms with van der Waals surface area (Å²) in [4.78, 5) is 14.7. The van der Waals surface area contributed by atoms with Crippen molar-refractivity contribution in [1.29, 1.82) is 0 Å². The van der Waals surface area contributed by atoms with E-state index in [1.165, 1.54) is 11.8 Å². The molecule has 4 nitrogen and oxygen atoms in total. The summed E-state index contributed by atoms with van der Waals surface area (Å²) in [5, 5.41) is 0.691. The number of rotatable bonds is 7. The monoisotopic (exact) mass is 559 g/mol. The van der Waals surface area contributed by atoms with Gasteiger partial charge in [-0.3, -0.25) is 9.69 Å². The summed E-state index contributed by atoms with van der Waals surface area (Å²) in [6.45, 7) is 5.32. The normalized spacial score (nSPS) is 15.3. The summed E-state index contributed by atoms with van der Waals surface area (Å²) in [7, 11) is 0. The van der Waals surface area contributed by atoms with E-state index in [0.29, 0.717) is 45.5 Å². The third kappa shape index (κ3) is 5.45. The number of thiocarbonyl (C=S) groups is 1. The number of likely N-dealkylation sites (N-methyl/N-ethyl adjacent to an activating group) is 1. The van der Waals surface area contributed by atoms with Gasteiger partial charge in [0.25, 0.3) is 5.91 Å². The van der Waals surface area contributed by atoms with E-state index in [0.717, 1.165) is 14.7 Å². The van der Waals surface area contributed by atoms with Crippen molar-refractivity contribution in [1.82, 2.24) is 4.90 Å². The van der Waals surface area contributed by atoms with Crippen LogP contribution in [0.2, 0.25) is 5.02 Å². The molecule has 1 heterocycles. The van der Waals surface area contributed by atoms with Crippen molar-refractivity contribution in [2.24, 2.45) is 0 Å². The van der Waals surface area contributed by atoms with E-state index in [-0.39, 0.29) is 5.91 Å². The number of thioether (sulfide) groups is 1. The van der Waals surface area contributed by atoms with Gasteiger partial charge in [0.1, 0.15) is 10.9 Å². The molecule has 0 N–H and O–H groups in total. The molecule has 0 radical (unpaired) electrons. The number of benzene rings is 2. The summed E-state index contributed by atoms with van der Waals surface area (Å²) in [5.41, 5.74) is 1.88. The van der Waals surface area contributed by atoms with Crippen molar-refractivity contribution in [3.63, 3.8) is 0 Å². The Morgan fingerprint density at radius 2 is 1.93 bits per heavy atom. The molecule has 3 rings (SSSR count). The third-order valence-electron chi connectivity index (χ3n) is 4.12. The number of nitrogens with zero attached hydrogens (tertiary/aromatic N) is 1. The zero-order chi connectivity index (χ0) is 21.0. The second-order valence-corrected chi connectivity index (χ2v) is 9.38. The van der Waals surface area contributed by atoms with Crippen molar-refractivity contribution in [3.8, 4) is 11.5 Å². The molecule has 2 aromatic rings. The molecule has 1 saturated heterocycles. The summed E-state index contributed by atoms with van der Waals surface area (Å²) in [6, 6.07) is 11.4. The SMILES string of the molecule is CCOc1cc(/C=C2\SC(=S)N(CC)C2=O)cc(I)c1OCc1ccc(Cl)cc1. The van der Waals surface area contributed by atoms with Gasteiger partial charge < -0.3 is 9.47 Å². The summed E-state index contributed by atoms with van der Waals surface area (Å²) < 4.78 is 13.4. The van der Waals surface area contributed by atoms with E-state index in [1.54, 1.807) is 4.90 Å². The van der Waals surface area contributed by atoms with Crippen LogP contribution >= 0.6 is 58.2 Å². The van der Waals surface area contributed by atoms with Gasteiger partial charge in [-0.15, -0.1) is 0 Å². The highest BCUT2D eigenvalue weighted by atomic mass is 127. The smallest absolute Gasteiger partial charge is 0.266 e. The van der Waals surface area contributed by atoms with Crippen LogP contribution in [-0.2, 0) is 11.4 Å². The fourth-order valence-electron chi connectivity index (χ4n) is 2.73. The highest BCUT2D eigenvalue weighted by molar-refractivity contribution is 14.1. The zero-order valence-electron chi connectivity index (χ0n) is 15.9. The van der Waals surface area contributed by atoms with Crippen LogP contribution < -0.4 is 9.47 Å². The Morgan fingerprint density at radius 1 is 1.21 bits per heavy atom. The molecular formula is C21H19ClINO3S2. The Kier molecular flexibility index (Phi) is 7.84. The zero-order valence-corrected chi connectivity index (χ0v) is 20.5. The van der Waals surface area contributed by atoms with Crippen molar-refractivity contribution in [2.75, 3.05) is 13.2 Å². The third-order valence-corrected chi connectivity index (χ3v) is 6.55. The molecular weight excluding hydrogens is 541 g/mol. The van der Waals surface area contributed by atoms with E-state index in [1.807, 2.05) is 56.3 Å². The lowest BCUT2D eigenvalue weighted by Gasteiger charge is -2.15. The first kappa shape index (κ1) is 22.4. The summed E-state index contributed by atoms with van der Waals surface area (Å²) >= 11 is 14.8. The van der Waals surface area contributed by atoms with Crippen LogP contribution in [0.25, 0.3) is 6.08 Å². The Bertz CT molecular complexity index is 963. The van der Waals surface area contributed by atoms with E-state index < -0.39 is 0 Å². The molecule has 1 amide bonds. The highest BCUT2D eigenvalue weighted by Gasteiger charge is 2.30. The fourth-order valence-corrected chi connectivity index (χ4v) is 5.03. The molecule has 0 spiro atoms. The predicted octanol–water partition coefficient (Wildman–Crippen LogP) is 6.14. The molecule has 0 aliphatic carbocycles. The molecule has 1 fully saturated rings. The second-order valence-electron chi connectivity index (χ2n) is 6.10. The quantitative estimate of drug-likeness (QED) is 0.231. The minimum Gasteiger partial charge on any atom is -0.490 e. The molecule has 1 aliphatic heterocycles. The van der Waals surface area contributed by atoms with Crippen LogP contribution in [0, 0.1) is 3.57 Å². The first-order valence-corrected chi connectivity index (χ1v) is 11.7. The maximum absolute atomic E-state index is 12.5. The number of ether oxygens (including phenoxy) is 2. The number of carbonyl (C=O) groups is 1. The molecule has 0 aromatic heterocycles. The molecule has 152 valence electrons. The topological polar surface area (TPSA) is 38.8 Å². The number of halogens is 2. The van der Waals surface area contributed by atoms with Gasteiger partial charge >= 0.3 is 0 Å². The Balaban J connectivity index is 1.86. The van der Waals surface area contributed by atoms with Gasteiger partial charge in [-0.25, -0.2) is 0 Å². The van der Waals surface area contributed by atoms with Gasteiger partial charge in [0.05, 0.1) is 15.1 Å². The average Bonchev–Trinajstić information content (AvgIpc) is 2.95. The summed E-state index contributed by atoms with van der Waals surface area (Å²) in [5.74, 6) is 1.27. The summed E-state index contributed by atoms with van der Waals surface area (Å²) in [6.07, 6.45) is 1.85. The van der Waals surface area contributed by atoms with E-state index in [9.17, 15) is 4.79 Å². The Hall–Kier alpha value is -1.29. The molecule has 29 heavy (non-hydrogen) atoms. The second kappa shape index (κ2) is 10.1. The van der Waals surface area contributed by atoms with Crippen LogP contribution in [-0.4, -0.2) is 28.3 Å². The first-order valence-electron chi connectivity index (χ1n) is 9.01. The van der Waals surface area contributed by atoms with Gasteiger partial charge in [-0.2, -0.15) is 0 Å². The predicted molar refractivity (Wildman–Crippen MR) is 132 cm³/mol. The van der Waals surface area contributed by atoms with Crippen LogP contribution in [0.3, 0.4) is 0 Å². The van der Waals surface area contributed by atoms with Gasteiger partial charge in [-0.1, -0.05) is 47.7 Å². The van der Waals surface area contributed by atoms with Gasteiger partial charge in [0.2, 0.25) is 0 Å².